The largest absolute Gasteiger partial charge is 0.497 e. The fraction of sp³-hybridized carbons (Fsp3) is 0.412. The van der Waals surface area contributed by atoms with Gasteiger partial charge in [-0.25, -0.2) is 0 Å². The van der Waals surface area contributed by atoms with Crippen LogP contribution in [-0.4, -0.2) is 42.0 Å². The van der Waals surface area contributed by atoms with Crippen LogP contribution in [0.15, 0.2) is 22.5 Å². The number of nitrogens with zero attached hydrogens (tertiary/aromatic N) is 2. The van der Waals surface area contributed by atoms with Crippen LogP contribution in [0.2, 0.25) is 0 Å². The van der Waals surface area contributed by atoms with Gasteiger partial charge in [-0.05, 0) is 12.1 Å². The average Bonchev–Trinajstić information content (AvgIpc) is 3.06. The van der Waals surface area contributed by atoms with Crippen molar-refractivity contribution in [3.63, 3.8) is 0 Å². The van der Waals surface area contributed by atoms with Crippen LogP contribution in [-0.2, 0) is 9.59 Å². The maximum absolute atomic E-state index is 12.2. The van der Waals surface area contributed by atoms with E-state index in [1.54, 1.807) is 25.3 Å². The average molecular weight is 411 g/mol. The summed E-state index contributed by atoms with van der Waals surface area (Å²) in [6.45, 7) is 5.45. The summed E-state index contributed by atoms with van der Waals surface area (Å²) in [5.74, 6) is 0.932. The lowest BCUT2D eigenvalue weighted by Gasteiger charge is -2.15. The summed E-state index contributed by atoms with van der Waals surface area (Å²) in [7, 11) is 3.08. The molecule has 2 aromatic rings. The molecule has 0 saturated heterocycles. The second kappa shape index (κ2) is 9.05. The van der Waals surface area contributed by atoms with Crippen molar-refractivity contribution in [1.82, 2.24) is 10.2 Å². The number of ether oxygens (including phenoxy) is 2. The number of nitrogens with one attached hydrogen (secondary N) is 2. The third-order valence-electron chi connectivity index (χ3n) is 3.32. The van der Waals surface area contributed by atoms with Gasteiger partial charge >= 0.3 is 0 Å². The number of hydrogen-bond donors (Lipinski definition) is 2. The highest BCUT2D eigenvalue weighted by Gasteiger charge is 2.22. The third kappa shape index (κ3) is 6.10. The van der Waals surface area contributed by atoms with Crippen molar-refractivity contribution in [1.29, 1.82) is 0 Å². The Morgan fingerprint density at radius 2 is 1.89 bits per heavy atom. The fourth-order valence-corrected chi connectivity index (χ4v) is 3.38. The van der Waals surface area contributed by atoms with Gasteiger partial charge in [0.25, 0.3) is 0 Å². The standard InChI is InChI=1S/C17H22N4O4S2/c1-17(2,3)14(23)19-15-20-21-16(27-15)26-9-13(22)18-11-8-10(24-4)6-7-12(11)25-5/h6-8H,9H2,1-5H3,(H,18,22)(H,19,20,23). The predicted molar refractivity (Wildman–Crippen MR) is 107 cm³/mol. The number of hydrogen-bond acceptors (Lipinski definition) is 8. The van der Waals surface area contributed by atoms with Gasteiger partial charge < -0.3 is 20.1 Å². The fourth-order valence-electron chi connectivity index (χ4n) is 1.83. The van der Waals surface area contributed by atoms with Gasteiger partial charge in [-0.3, -0.25) is 9.59 Å². The van der Waals surface area contributed by atoms with Crippen LogP contribution in [0, 0.1) is 5.41 Å². The Bertz CT molecular complexity index is 818. The van der Waals surface area contributed by atoms with E-state index in [0.717, 1.165) is 0 Å². The number of methoxy groups -OCH3 is 2. The van der Waals surface area contributed by atoms with Crippen LogP contribution in [0.25, 0.3) is 0 Å². The smallest absolute Gasteiger partial charge is 0.234 e. The van der Waals surface area contributed by atoms with Crippen molar-refractivity contribution < 1.29 is 19.1 Å². The molecule has 0 aliphatic heterocycles. The van der Waals surface area contributed by atoms with E-state index in [9.17, 15) is 9.59 Å². The summed E-state index contributed by atoms with van der Waals surface area (Å²) >= 11 is 2.46. The van der Waals surface area contributed by atoms with Crippen LogP contribution in [0.3, 0.4) is 0 Å². The first-order valence-corrected chi connectivity index (χ1v) is 9.82. The number of aromatic nitrogens is 2. The van der Waals surface area contributed by atoms with Crippen molar-refractivity contribution in [3.05, 3.63) is 18.2 Å². The summed E-state index contributed by atoms with van der Waals surface area (Å²) in [5.41, 5.74) is 0.00659. The molecule has 146 valence electrons. The number of benzene rings is 1. The highest BCUT2D eigenvalue weighted by molar-refractivity contribution is 8.01. The number of carbonyl (C=O) groups is 2. The van der Waals surface area contributed by atoms with Crippen molar-refractivity contribution in [2.24, 2.45) is 5.41 Å². The molecule has 8 nitrogen and oxygen atoms in total. The van der Waals surface area contributed by atoms with E-state index in [-0.39, 0.29) is 17.6 Å². The summed E-state index contributed by atoms with van der Waals surface area (Å²) < 4.78 is 11.0. The third-order valence-corrected chi connectivity index (χ3v) is 5.29. The molecule has 0 radical (unpaired) electrons. The van der Waals surface area contributed by atoms with Gasteiger partial charge in [0, 0.05) is 11.5 Å². The van der Waals surface area contributed by atoms with Gasteiger partial charge in [0.15, 0.2) is 4.34 Å². The minimum Gasteiger partial charge on any atom is -0.497 e. The predicted octanol–water partition coefficient (Wildman–Crippen LogP) is 3.27. The number of thioether (sulfide) groups is 1. The molecule has 2 N–H and O–H groups in total. The zero-order valence-corrected chi connectivity index (χ0v) is 17.4. The quantitative estimate of drug-likeness (QED) is 0.533. The van der Waals surface area contributed by atoms with Crippen molar-refractivity contribution in [2.45, 2.75) is 25.1 Å². The molecule has 1 aromatic carbocycles. The van der Waals surface area contributed by atoms with Crippen LogP contribution in [0.1, 0.15) is 20.8 Å². The van der Waals surface area contributed by atoms with Crippen LogP contribution < -0.4 is 20.1 Å². The Labute approximate surface area is 166 Å². The second-order valence-corrected chi connectivity index (χ2v) is 8.68. The van der Waals surface area contributed by atoms with Gasteiger partial charge in [0.05, 0.1) is 25.7 Å². The maximum Gasteiger partial charge on any atom is 0.234 e. The van der Waals surface area contributed by atoms with E-state index in [4.69, 9.17) is 9.47 Å². The molecular weight excluding hydrogens is 388 g/mol. The molecule has 27 heavy (non-hydrogen) atoms. The molecule has 2 rings (SSSR count). The minimum absolute atomic E-state index is 0.141. The van der Waals surface area contributed by atoms with Crippen molar-refractivity contribution in [2.75, 3.05) is 30.6 Å². The number of anilines is 2. The molecule has 0 spiro atoms. The van der Waals surface area contributed by atoms with Crippen LogP contribution in [0.4, 0.5) is 10.8 Å². The first-order chi connectivity index (χ1) is 12.7. The summed E-state index contributed by atoms with van der Waals surface area (Å²) in [5, 5.41) is 13.8. The number of carbonyl (C=O) groups excluding carboxylic acids is 2. The van der Waals surface area contributed by atoms with Crippen molar-refractivity contribution in [3.8, 4) is 11.5 Å². The Balaban J connectivity index is 1.92. The zero-order valence-electron chi connectivity index (χ0n) is 15.8. The van der Waals surface area contributed by atoms with Gasteiger partial charge in [0.2, 0.25) is 16.9 Å². The van der Waals surface area contributed by atoms with E-state index in [1.165, 1.54) is 30.2 Å². The summed E-state index contributed by atoms with van der Waals surface area (Å²) in [6, 6.07) is 5.15. The lowest BCUT2D eigenvalue weighted by Crippen LogP contribution is -2.27. The molecule has 0 atom stereocenters. The van der Waals surface area contributed by atoms with Crippen molar-refractivity contribution >= 4 is 45.7 Å². The first-order valence-electron chi connectivity index (χ1n) is 8.02. The maximum atomic E-state index is 12.2. The zero-order chi connectivity index (χ0) is 20.0. The normalized spacial score (nSPS) is 11.0. The van der Waals surface area contributed by atoms with Gasteiger partial charge in [0.1, 0.15) is 11.5 Å². The Kier molecular flexibility index (Phi) is 7.03. The Morgan fingerprint density at radius 3 is 2.52 bits per heavy atom. The topological polar surface area (TPSA) is 102 Å². The SMILES string of the molecule is COc1ccc(OC)c(NC(=O)CSc2nnc(NC(=O)C(C)(C)C)s2)c1. The van der Waals surface area contributed by atoms with Crippen LogP contribution >= 0.6 is 23.1 Å². The van der Waals surface area contributed by atoms with E-state index >= 15 is 0 Å². The molecule has 0 aliphatic carbocycles. The molecule has 0 unspecified atom stereocenters. The Morgan fingerprint density at radius 1 is 1.15 bits per heavy atom. The Hall–Kier alpha value is -2.33. The minimum atomic E-state index is -0.519. The van der Waals surface area contributed by atoms with Crippen LogP contribution in [0.5, 0.6) is 11.5 Å². The summed E-state index contributed by atoms with van der Waals surface area (Å²) in [4.78, 5) is 24.2. The molecule has 0 saturated carbocycles. The van der Waals surface area contributed by atoms with E-state index < -0.39 is 5.41 Å². The van der Waals surface area contributed by atoms with Gasteiger partial charge in [-0.15, -0.1) is 10.2 Å². The van der Waals surface area contributed by atoms with Gasteiger partial charge in [-0.1, -0.05) is 43.9 Å². The van der Waals surface area contributed by atoms with Gasteiger partial charge in [-0.2, -0.15) is 0 Å². The number of rotatable bonds is 7. The lowest BCUT2D eigenvalue weighted by molar-refractivity contribution is -0.123. The summed E-state index contributed by atoms with van der Waals surface area (Å²) in [6.07, 6.45) is 0. The first kappa shape index (κ1) is 21.0. The van der Waals surface area contributed by atoms with E-state index in [2.05, 4.69) is 20.8 Å². The lowest BCUT2D eigenvalue weighted by atomic mass is 9.96. The molecular formula is C17H22N4O4S2. The highest BCUT2D eigenvalue weighted by Crippen LogP contribution is 2.30. The van der Waals surface area contributed by atoms with E-state index in [1.807, 2.05) is 20.8 Å². The molecule has 2 amide bonds. The molecule has 1 aromatic heterocycles. The molecule has 1 heterocycles. The highest BCUT2D eigenvalue weighted by atomic mass is 32.2. The molecule has 0 bridgehead atoms. The molecule has 0 fully saturated rings. The monoisotopic (exact) mass is 410 g/mol. The molecule has 0 aliphatic rings. The number of amides is 2. The van der Waals surface area contributed by atoms with E-state index in [0.29, 0.717) is 26.7 Å². The molecule has 10 heteroatoms. The second-order valence-electron chi connectivity index (χ2n) is 6.48.